The molecule has 0 radical (unpaired) electrons. The molecule has 8 rings (SSSR count). The van der Waals surface area contributed by atoms with Crippen LogP contribution in [0.15, 0.2) is 103 Å². The number of hydrogen-bond donors (Lipinski definition) is 1. The third-order valence-corrected chi connectivity index (χ3v) is 9.03. The van der Waals surface area contributed by atoms with E-state index in [0.29, 0.717) is 5.41 Å². The maximum absolute atomic E-state index is 3.54. The van der Waals surface area contributed by atoms with Crippen LogP contribution in [0.4, 0.5) is 11.4 Å². The molecule has 0 saturated heterocycles. The molecule has 1 N–H and O–H groups in total. The average molecular weight is 456 g/mol. The van der Waals surface area contributed by atoms with Crippen LogP contribution in [0.2, 0.25) is 0 Å². The highest BCUT2D eigenvalue weighted by molar-refractivity contribution is 5.71. The van der Waals surface area contributed by atoms with Crippen molar-refractivity contribution in [3.05, 3.63) is 109 Å². The summed E-state index contributed by atoms with van der Waals surface area (Å²) in [5.74, 6) is 2.99. The smallest absolute Gasteiger partial charge is 0.0384 e. The molecule has 0 aromatic heterocycles. The van der Waals surface area contributed by atoms with E-state index in [9.17, 15) is 0 Å². The van der Waals surface area contributed by atoms with Crippen LogP contribution < -0.4 is 5.32 Å². The normalized spacial score (nSPS) is 26.6. The first-order chi connectivity index (χ1) is 17.2. The zero-order valence-electron chi connectivity index (χ0n) is 20.3. The quantitative estimate of drug-likeness (QED) is 0.316. The van der Waals surface area contributed by atoms with E-state index in [1.807, 2.05) is 0 Å². The van der Waals surface area contributed by atoms with Crippen molar-refractivity contribution in [2.24, 2.45) is 17.8 Å². The van der Waals surface area contributed by atoms with E-state index in [2.05, 4.69) is 108 Å². The summed E-state index contributed by atoms with van der Waals surface area (Å²) in [5, 5.41) is 3.54. The zero-order chi connectivity index (χ0) is 23.2. The van der Waals surface area contributed by atoms with Crippen molar-refractivity contribution in [2.75, 3.05) is 5.32 Å². The van der Waals surface area contributed by atoms with Crippen LogP contribution in [-0.4, -0.2) is 0 Å². The molecule has 0 unspecified atom stereocenters. The topological polar surface area (TPSA) is 12.0 Å². The van der Waals surface area contributed by atoms with Gasteiger partial charge in [-0.1, -0.05) is 78.9 Å². The molecule has 4 aromatic carbocycles. The molecule has 0 amide bonds. The van der Waals surface area contributed by atoms with Crippen molar-refractivity contribution < 1.29 is 0 Å². The van der Waals surface area contributed by atoms with Gasteiger partial charge < -0.3 is 5.32 Å². The number of rotatable bonds is 5. The first-order valence-corrected chi connectivity index (χ1v) is 13.4. The molecule has 0 spiro atoms. The average Bonchev–Trinajstić information content (AvgIpc) is 2.90. The molecule has 4 bridgehead atoms. The van der Waals surface area contributed by atoms with Crippen LogP contribution in [0.5, 0.6) is 0 Å². The van der Waals surface area contributed by atoms with E-state index < -0.39 is 0 Å². The van der Waals surface area contributed by atoms with Crippen LogP contribution in [0.1, 0.15) is 44.1 Å². The van der Waals surface area contributed by atoms with Gasteiger partial charge in [0.15, 0.2) is 0 Å². The van der Waals surface area contributed by atoms with Gasteiger partial charge in [0.05, 0.1) is 0 Å². The summed E-state index contributed by atoms with van der Waals surface area (Å²) in [5.41, 5.74) is 9.41. The number of hydrogen-bond acceptors (Lipinski definition) is 1. The molecule has 4 fully saturated rings. The van der Waals surface area contributed by atoms with Crippen LogP contribution in [-0.2, 0) is 5.41 Å². The molecular formula is C34H33N. The molecule has 4 saturated carbocycles. The highest BCUT2D eigenvalue weighted by Gasteiger charge is 2.51. The Balaban J connectivity index is 1.05. The maximum Gasteiger partial charge on any atom is 0.0384 e. The van der Waals surface area contributed by atoms with Crippen molar-refractivity contribution in [1.29, 1.82) is 0 Å². The Morgan fingerprint density at radius 2 is 0.857 bits per heavy atom. The summed E-state index contributed by atoms with van der Waals surface area (Å²) in [6.45, 7) is 0. The first kappa shape index (κ1) is 21.0. The van der Waals surface area contributed by atoms with Gasteiger partial charge in [-0.2, -0.15) is 0 Å². The monoisotopic (exact) mass is 455 g/mol. The van der Waals surface area contributed by atoms with Gasteiger partial charge in [0, 0.05) is 11.4 Å². The highest BCUT2D eigenvalue weighted by atomic mass is 14.9. The van der Waals surface area contributed by atoms with Crippen LogP contribution in [0.25, 0.3) is 22.3 Å². The van der Waals surface area contributed by atoms with Crippen LogP contribution in [0.3, 0.4) is 0 Å². The fraction of sp³-hybridized carbons (Fsp3) is 0.294. The van der Waals surface area contributed by atoms with Crippen molar-refractivity contribution in [1.82, 2.24) is 0 Å². The Morgan fingerprint density at radius 1 is 0.457 bits per heavy atom. The number of anilines is 2. The molecular weight excluding hydrogens is 422 g/mol. The predicted molar refractivity (Wildman–Crippen MR) is 147 cm³/mol. The number of nitrogens with one attached hydrogen (secondary N) is 1. The Hall–Kier alpha value is -3.32. The molecule has 0 atom stereocenters. The van der Waals surface area contributed by atoms with Gasteiger partial charge in [0.2, 0.25) is 0 Å². The van der Waals surface area contributed by atoms with Crippen molar-refractivity contribution in [3.8, 4) is 22.3 Å². The van der Waals surface area contributed by atoms with E-state index in [-0.39, 0.29) is 0 Å². The van der Waals surface area contributed by atoms with Crippen molar-refractivity contribution in [3.63, 3.8) is 0 Å². The fourth-order valence-electron chi connectivity index (χ4n) is 7.77. The first-order valence-electron chi connectivity index (χ1n) is 13.4. The molecule has 0 aliphatic heterocycles. The molecule has 4 aliphatic carbocycles. The third-order valence-electron chi connectivity index (χ3n) is 9.03. The minimum absolute atomic E-state index is 0.483. The standard InChI is InChI=1S/C34H33N/c1-2-4-27(5-3-1)29-8-14-32(15-9-29)35-33-16-10-30(11-17-33)28-6-12-31(13-7-28)34-21-24-18-25(22-34)20-26(19-24)23-34/h1-17,24-26,35H,18-23H2. The Kier molecular flexibility index (Phi) is 5.05. The molecule has 1 nitrogen and oxygen atoms in total. The van der Waals surface area contributed by atoms with Gasteiger partial charge in [-0.3, -0.25) is 0 Å². The zero-order valence-corrected chi connectivity index (χ0v) is 20.3. The van der Waals surface area contributed by atoms with Crippen molar-refractivity contribution >= 4 is 11.4 Å². The van der Waals surface area contributed by atoms with Crippen LogP contribution >= 0.6 is 0 Å². The fourth-order valence-corrected chi connectivity index (χ4v) is 7.77. The second-order valence-electron chi connectivity index (χ2n) is 11.4. The Labute approximate surface area is 209 Å². The molecule has 1 heteroatoms. The largest absolute Gasteiger partial charge is 0.356 e. The summed E-state index contributed by atoms with van der Waals surface area (Å²) in [6, 6.07) is 37.6. The van der Waals surface area contributed by atoms with E-state index in [4.69, 9.17) is 0 Å². The molecule has 4 aliphatic rings. The minimum Gasteiger partial charge on any atom is -0.356 e. The van der Waals surface area contributed by atoms with Crippen LogP contribution in [0, 0.1) is 17.8 Å². The van der Waals surface area contributed by atoms with Gasteiger partial charge >= 0.3 is 0 Å². The lowest BCUT2D eigenvalue weighted by atomic mass is 9.48. The van der Waals surface area contributed by atoms with Gasteiger partial charge in [0.25, 0.3) is 0 Å². The van der Waals surface area contributed by atoms with Gasteiger partial charge in [-0.15, -0.1) is 0 Å². The van der Waals surface area contributed by atoms with E-state index in [0.717, 1.165) is 29.1 Å². The molecule has 0 heterocycles. The number of benzene rings is 4. The lowest BCUT2D eigenvalue weighted by Crippen LogP contribution is -2.48. The second-order valence-corrected chi connectivity index (χ2v) is 11.4. The van der Waals surface area contributed by atoms with E-state index >= 15 is 0 Å². The van der Waals surface area contributed by atoms with E-state index in [1.165, 1.54) is 60.8 Å². The maximum atomic E-state index is 3.54. The summed E-state index contributed by atoms with van der Waals surface area (Å²) < 4.78 is 0. The Morgan fingerprint density at radius 3 is 1.31 bits per heavy atom. The summed E-state index contributed by atoms with van der Waals surface area (Å²) in [4.78, 5) is 0. The lowest BCUT2D eigenvalue weighted by Gasteiger charge is -2.57. The van der Waals surface area contributed by atoms with E-state index in [1.54, 1.807) is 5.56 Å². The Bertz CT molecular complexity index is 1260. The second kappa shape index (κ2) is 8.41. The molecule has 4 aromatic rings. The predicted octanol–water partition coefficient (Wildman–Crippen LogP) is 9.23. The van der Waals surface area contributed by atoms with Gasteiger partial charge in [0.1, 0.15) is 0 Å². The van der Waals surface area contributed by atoms with Gasteiger partial charge in [-0.25, -0.2) is 0 Å². The summed E-state index contributed by atoms with van der Waals surface area (Å²) in [7, 11) is 0. The lowest BCUT2D eigenvalue weighted by molar-refractivity contribution is -0.00518. The third kappa shape index (κ3) is 3.97. The van der Waals surface area contributed by atoms with Gasteiger partial charge in [-0.05, 0) is 114 Å². The molecule has 35 heavy (non-hydrogen) atoms. The summed E-state index contributed by atoms with van der Waals surface area (Å²) >= 11 is 0. The minimum atomic E-state index is 0.483. The summed E-state index contributed by atoms with van der Waals surface area (Å²) in [6.07, 6.45) is 8.83. The molecule has 174 valence electrons. The van der Waals surface area contributed by atoms with Crippen molar-refractivity contribution in [2.45, 2.75) is 43.9 Å². The SMILES string of the molecule is c1ccc(-c2ccc(Nc3ccc(-c4ccc(C56CC7CC(CC(C7)C5)C6)cc4)cc3)cc2)cc1. The highest BCUT2D eigenvalue weighted by Crippen LogP contribution is 2.60.